The molecule has 2 N–H and O–H groups in total. The van der Waals surface area contributed by atoms with Crippen molar-refractivity contribution in [1.82, 2.24) is 4.98 Å². The van der Waals surface area contributed by atoms with Gasteiger partial charge in [0, 0.05) is 15.8 Å². The third kappa shape index (κ3) is 2.49. The number of nitrogens with zero attached hydrogens (tertiary/aromatic N) is 1. The number of fused-ring (bicyclic) bond motifs is 1. The second kappa shape index (κ2) is 5.35. The first-order chi connectivity index (χ1) is 10.2. The van der Waals surface area contributed by atoms with Gasteiger partial charge in [0.1, 0.15) is 5.69 Å². The van der Waals surface area contributed by atoms with Crippen molar-refractivity contribution in [2.24, 2.45) is 0 Å². The Morgan fingerprint density at radius 2 is 1.95 bits per heavy atom. The molecule has 3 aromatic rings. The van der Waals surface area contributed by atoms with Crippen LogP contribution in [0.15, 0.2) is 58.3 Å². The summed E-state index contributed by atoms with van der Waals surface area (Å²) >= 11 is 1.38. The third-order valence-electron chi connectivity index (χ3n) is 3.06. The summed E-state index contributed by atoms with van der Waals surface area (Å²) in [6.45, 7) is 0. The van der Waals surface area contributed by atoms with Crippen LogP contribution in [0.4, 0.5) is 0 Å². The second-order valence-electron chi connectivity index (χ2n) is 4.42. The molecule has 0 saturated carbocycles. The van der Waals surface area contributed by atoms with Gasteiger partial charge in [-0.3, -0.25) is 0 Å². The topological polar surface area (TPSA) is 76.9 Å². The summed E-state index contributed by atoms with van der Waals surface area (Å²) in [4.78, 5) is 15.9. The third-order valence-corrected chi connectivity index (χ3v) is 4.19. The molecule has 21 heavy (non-hydrogen) atoms. The van der Waals surface area contributed by atoms with Gasteiger partial charge >= 0.3 is 5.97 Å². The van der Waals surface area contributed by atoms with E-state index < -0.39 is 5.97 Å². The molecular formula is C16H10N2O2S. The molecule has 5 heteroatoms. The Kier molecular flexibility index (Phi) is 3.38. The summed E-state index contributed by atoms with van der Waals surface area (Å²) in [6.07, 6.45) is 0. The van der Waals surface area contributed by atoms with Gasteiger partial charge in [0.15, 0.2) is 0 Å². The van der Waals surface area contributed by atoms with Crippen LogP contribution >= 0.6 is 11.8 Å². The Hall–Kier alpha value is -2.71. The molecule has 0 unspecified atom stereocenters. The fourth-order valence-electron chi connectivity index (χ4n) is 2.10. The molecule has 1 aromatic heterocycles. The van der Waals surface area contributed by atoms with E-state index in [-0.39, 0.29) is 5.69 Å². The summed E-state index contributed by atoms with van der Waals surface area (Å²) in [7, 11) is 0. The van der Waals surface area contributed by atoms with Crippen molar-refractivity contribution < 1.29 is 9.90 Å². The Balaban J connectivity index is 2.20. The van der Waals surface area contributed by atoms with Crippen molar-refractivity contribution in [3.8, 4) is 6.07 Å². The predicted octanol–water partition coefficient (Wildman–Crippen LogP) is 3.89. The number of aromatic amines is 1. The molecule has 2 aromatic carbocycles. The average molecular weight is 294 g/mol. The first-order valence-electron chi connectivity index (χ1n) is 6.21. The summed E-state index contributed by atoms with van der Waals surface area (Å²) in [5.41, 5.74) is 1.37. The summed E-state index contributed by atoms with van der Waals surface area (Å²) in [5, 5.41) is 19.1. The average Bonchev–Trinajstić information content (AvgIpc) is 2.86. The van der Waals surface area contributed by atoms with Crippen LogP contribution in [0.25, 0.3) is 10.9 Å². The smallest absolute Gasteiger partial charge is 0.353 e. The fourth-order valence-corrected chi connectivity index (χ4v) is 3.15. The second-order valence-corrected chi connectivity index (χ2v) is 5.51. The van der Waals surface area contributed by atoms with E-state index in [0.717, 1.165) is 10.3 Å². The highest BCUT2D eigenvalue weighted by Gasteiger charge is 2.18. The van der Waals surface area contributed by atoms with Crippen molar-refractivity contribution in [3.05, 3.63) is 59.8 Å². The van der Waals surface area contributed by atoms with E-state index in [4.69, 9.17) is 5.26 Å². The van der Waals surface area contributed by atoms with Crippen molar-refractivity contribution >= 4 is 28.6 Å². The molecule has 0 saturated heterocycles. The molecule has 0 bridgehead atoms. The normalized spacial score (nSPS) is 10.4. The molecular weight excluding hydrogens is 284 g/mol. The monoisotopic (exact) mass is 294 g/mol. The number of hydrogen-bond donors (Lipinski definition) is 2. The number of aromatic carboxylic acids is 1. The number of rotatable bonds is 3. The zero-order chi connectivity index (χ0) is 14.8. The molecule has 1 heterocycles. The van der Waals surface area contributed by atoms with Gasteiger partial charge in [0.25, 0.3) is 0 Å². The minimum Gasteiger partial charge on any atom is -0.477 e. The van der Waals surface area contributed by atoms with Gasteiger partial charge in [-0.05, 0) is 30.3 Å². The Morgan fingerprint density at radius 1 is 1.19 bits per heavy atom. The van der Waals surface area contributed by atoms with Crippen LogP contribution in [-0.2, 0) is 0 Å². The van der Waals surface area contributed by atoms with E-state index in [1.807, 2.05) is 30.3 Å². The molecule has 0 atom stereocenters. The molecule has 4 nitrogen and oxygen atoms in total. The summed E-state index contributed by atoms with van der Waals surface area (Å²) in [5.74, 6) is -1.01. The van der Waals surface area contributed by atoms with Crippen LogP contribution in [0.2, 0.25) is 0 Å². The highest BCUT2D eigenvalue weighted by molar-refractivity contribution is 7.99. The Bertz CT molecular complexity index is 863. The number of carboxylic acid groups (broad SMARTS) is 1. The highest BCUT2D eigenvalue weighted by Crippen LogP contribution is 2.37. The number of carbonyl (C=O) groups is 1. The number of H-pyrrole nitrogens is 1. The largest absolute Gasteiger partial charge is 0.477 e. The number of carboxylic acids is 1. The number of hydrogen-bond acceptors (Lipinski definition) is 3. The van der Waals surface area contributed by atoms with E-state index in [9.17, 15) is 9.90 Å². The van der Waals surface area contributed by atoms with Gasteiger partial charge in [-0.1, -0.05) is 30.0 Å². The molecule has 0 aliphatic rings. The quantitative estimate of drug-likeness (QED) is 0.768. The SMILES string of the molecule is N#Cc1ccc2[nH]c(C(=O)O)c(Sc3ccccc3)c2c1. The van der Waals surface area contributed by atoms with Gasteiger partial charge in [-0.25, -0.2) is 4.79 Å². The van der Waals surface area contributed by atoms with Crippen molar-refractivity contribution in [1.29, 1.82) is 5.26 Å². The van der Waals surface area contributed by atoms with Gasteiger partial charge in [0.05, 0.1) is 16.5 Å². The lowest BCUT2D eigenvalue weighted by atomic mass is 10.2. The van der Waals surface area contributed by atoms with E-state index in [0.29, 0.717) is 16.0 Å². The molecule has 0 radical (unpaired) electrons. The number of aromatic nitrogens is 1. The van der Waals surface area contributed by atoms with Gasteiger partial charge in [-0.15, -0.1) is 0 Å². The van der Waals surface area contributed by atoms with Gasteiger partial charge in [0.2, 0.25) is 0 Å². The van der Waals surface area contributed by atoms with E-state index in [1.54, 1.807) is 18.2 Å². The van der Waals surface area contributed by atoms with Crippen LogP contribution in [0.5, 0.6) is 0 Å². The molecule has 102 valence electrons. The maximum Gasteiger partial charge on any atom is 0.353 e. The Labute approximate surface area is 125 Å². The summed E-state index contributed by atoms with van der Waals surface area (Å²) in [6, 6.07) is 16.7. The van der Waals surface area contributed by atoms with Gasteiger partial charge in [-0.2, -0.15) is 5.26 Å². The molecule has 0 spiro atoms. The maximum atomic E-state index is 11.4. The molecule has 0 aliphatic carbocycles. The highest BCUT2D eigenvalue weighted by atomic mass is 32.2. The standard InChI is InChI=1S/C16H10N2O2S/c17-9-10-6-7-13-12(8-10)15(14(18-13)16(19)20)21-11-4-2-1-3-5-11/h1-8,18H,(H,19,20). The van der Waals surface area contributed by atoms with Crippen LogP contribution < -0.4 is 0 Å². The maximum absolute atomic E-state index is 11.4. The van der Waals surface area contributed by atoms with E-state index in [2.05, 4.69) is 11.1 Å². The van der Waals surface area contributed by atoms with Gasteiger partial charge < -0.3 is 10.1 Å². The minimum absolute atomic E-state index is 0.147. The van der Waals surface area contributed by atoms with Crippen molar-refractivity contribution in [2.75, 3.05) is 0 Å². The Morgan fingerprint density at radius 3 is 2.62 bits per heavy atom. The van der Waals surface area contributed by atoms with Crippen LogP contribution in [-0.4, -0.2) is 16.1 Å². The van der Waals surface area contributed by atoms with E-state index >= 15 is 0 Å². The lowest BCUT2D eigenvalue weighted by Crippen LogP contribution is -1.97. The zero-order valence-corrected chi connectivity index (χ0v) is 11.6. The zero-order valence-electron chi connectivity index (χ0n) is 10.8. The van der Waals surface area contributed by atoms with E-state index in [1.165, 1.54) is 11.8 Å². The molecule has 0 amide bonds. The van der Waals surface area contributed by atoms with Crippen LogP contribution in [0, 0.1) is 11.3 Å². The van der Waals surface area contributed by atoms with Crippen LogP contribution in [0.3, 0.4) is 0 Å². The number of benzene rings is 2. The number of nitrogens with one attached hydrogen (secondary N) is 1. The summed E-state index contributed by atoms with van der Waals surface area (Å²) < 4.78 is 0. The number of nitriles is 1. The minimum atomic E-state index is -1.01. The lowest BCUT2D eigenvalue weighted by molar-refractivity contribution is 0.0688. The molecule has 0 aliphatic heterocycles. The van der Waals surface area contributed by atoms with Crippen molar-refractivity contribution in [2.45, 2.75) is 9.79 Å². The first-order valence-corrected chi connectivity index (χ1v) is 7.02. The fraction of sp³-hybridized carbons (Fsp3) is 0. The van der Waals surface area contributed by atoms with Crippen LogP contribution in [0.1, 0.15) is 16.1 Å². The first kappa shape index (κ1) is 13.3. The van der Waals surface area contributed by atoms with Crippen molar-refractivity contribution in [3.63, 3.8) is 0 Å². The molecule has 0 fully saturated rings. The lowest BCUT2D eigenvalue weighted by Gasteiger charge is -2.02. The molecule has 3 rings (SSSR count). The predicted molar refractivity (Wildman–Crippen MR) is 80.5 cm³/mol.